The van der Waals surface area contributed by atoms with E-state index < -0.39 is 0 Å². The topological polar surface area (TPSA) is 25.3 Å². The van der Waals surface area contributed by atoms with E-state index in [1.165, 1.54) is 0 Å². The van der Waals surface area contributed by atoms with Gasteiger partial charge in [-0.15, -0.1) is 0 Å². The van der Waals surface area contributed by atoms with Crippen LogP contribution in [0, 0.1) is 20.4 Å². The molecule has 0 saturated carbocycles. The van der Waals surface area contributed by atoms with Crippen LogP contribution in [0.1, 0.15) is 11.3 Å². The number of hydrogen-bond acceptors (Lipinski definition) is 1. The number of aromatic nitrogens is 2. The molecule has 0 aliphatic rings. The summed E-state index contributed by atoms with van der Waals surface area (Å²) in [5, 5.41) is 1.04. The van der Waals surface area contributed by atoms with Crippen molar-refractivity contribution in [2.24, 2.45) is 7.05 Å². The van der Waals surface area contributed by atoms with Crippen LogP contribution in [0.25, 0.3) is 32.8 Å². The Morgan fingerprint density at radius 3 is 2.54 bits per heavy atom. The van der Waals surface area contributed by atoms with Gasteiger partial charge < -0.3 is 0 Å². The van der Waals surface area contributed by atoms with Crippen LogP contribution < -0.4 is 9.31 Å². The lowest BCUT2D eigenvalue weighted by atomic mass is 9.99. The Kier molecular flexibility index (Phi) is 3.78. The maximum atomic E-state index is 7.55. The fourth-order valence-electron chi connectivity index (χ4n) is 3.46. The number of nitrogens with zero attached hydrogens (tertiary/aromatic N) is 3. The zero-order valence-corrected chi connectivity index (χ0v) is 15.0. The van der Waals surface area contributed by atoms with Crippen molar-refractivity contribution in [3.05, 3.63) is 83.5 Å². The standard InChI is InChI=1S/C22H19N3O/c1-15-9-7-8-12-25(15)20-14-17(23-3)13-19(16(20)2)22-18-10-5-6-11-21(18)26-24(22)4/h5-14H,1-2,4H3/q+2. The molecule has 4 nitrogen and oxygen atoms in total. The van der Waals surface area contributed by atoms with E-state index in [9.17, 15) is 0 Å². The van der Waals surface area contributed by atoms with E-state index in [0.29, 0.717) is 5.69 Å². The van der Waals surface area contributed by atoms with Crippen LogP contribution >= 0.6 is 0 Å². The van der Waals surface area contributed by atoms with Crippen LogP contribution in [0.3, 0.4) is 0 Å². The van der Waals surface area contributed by atoms with Crippen LogP contribution in [0.4, 0.5) is 5.69 Å². The normalized spacial score (nSPS) is 10.8. The van der Waals surface area contributed by atoms with Crippen LogP contribution in [0.2, 0.25) is 0 Å². The zero-order valence-electron chi connectivity index (χ0n) is 15.0. The molecule has 0 bridgehead atoms. The monoisotopic (exact) mass is 341 g/mol. The van der Waals surface area contributed by atoms with Gasteiger partial charge in [-0.1, -0.05) is 18.2 Å². The van der Waals surface area contributed by atoms with E-state index in [4.69, 9.17) is 11.1 Å². The fraction of sp³-hybridized carbons (Fsp3) is 0.136. The smallest absolute Gasteiger partial charge is 0.238 e. The van der Waals surface area contributed by atoms with Crippen molar-refractivity contribution in [2.45, 2.75) is 13.8 Å². The Labute approximate surface area is 152 Å². The molecule has 2 aromatic heterocycles. The molecule has 2 heterocycles. The second kappa shape index (κ2) is 6.12. The highest BCUT2D eigenvalue weighted by Gasteiger charge is 2.27. The third-order valence-corrected chi connectivity index (χ3v) is 4.76. The van der Waals surface area contributed by atoms with Gasteiger partial charge in [0.2, 0.25) is 11.3 Å². The first kappa shape index (κ1) is 16.0. The zero-order chi connectivity index (χ0) is 18.3. The largest absolute Gasteiger partial charge is 0.268 e. The number of pyridine rings is 1. The molecule has 4 rings (SSSR count). The van der Waals surface area contributed by atoms with Crippen molar-refractivity contribution in [3.8, 4) is 16.9 Å². The predicted octanol–water partition coefficient (Wildman–Crippen LogP) is 4.37. The second-order valence-corrected chi connectivity index (χ2v) is 6.39. The van der Waals surface area contributed by atoms with E-state index in [0.717, 1.165) is 39.2 Å². The lowest BCUT2D eigenvalue weighted by Gasteiger charge is -2.07. The average molecular weight is 341 g/mol. The Morgan fingerprint density at radius 1 is 1.00 bits per heavy atom. The van der Waals surface area contributed by atoms with Gasteiger partial charge in [0.25, 0.3) is 5.69 Å². The second-order valence-electron chi connectivity index (χ2n) is 6.39. The van der Waals surface area contributed by atoms with Crippen LogP contribution in [-0.2, 0) is 7.05 Å². The van der Waals surface area contributed by atoms with E-state index in [1.807, 2.05) is 55.7 Å². The van der Waals surface area contributed by atoms with E-state index in [1.54, 1.807) is 4.74 Å². The van der Waals surface area contributed by atoms with Gasteiger partial charge in [-0.3, -0.25) is 0 Å². The first-order valence-corrected chi connectivity index (χ1v) is 8.48. The summed E-state index contributed by atoms with van der Waals surface area (Å²) in [6.45, 7) is 11.7. The lowest BCUT2D eigenvalue weighted by Crippen LogP contribution is -2.35. The van der Waals surface area contributed by atoms with Gasteiger partial charge in [0.05, 0.1) is 12.1 Å². The number of fused-ring (bicyclic) bond motifs is 1. The maximum Gasteiger partial charge on any atom is 0.268 e. The highest BCUT2D eigenvalue weighted by molar-refractivity contribution is 5.91. The summed E-state index contributed by atoms with van der Waals surface area (Å²) >= 11 is 0. The summed E-state index contributed by atoms with van der Waals surface area (Å²) in [7, 11) is 1.90. The van der Waals surface area contributed by atoms with Crippen molar-refractivity contribution in [2.75, 3.05) is 0 Å². The average Bonchev–Trinajstić information content (AvgIpc) is 2.98. The minimum atomic E-state index is 0.613. The summed E-state index contributed by atoms with van der Waals surface area (Å²) in [6.07, 6.45) is 2.03. The molecule has 0 fully saturated rings. The maximum absolute atomic E-state index is 7.55. The van der Waals surface area contributed by atoms with Gasteiger partial charge >= 0.3 is 0 Å². The minimum Gasteiger partial charge on any atom is -0.238 e. The van der Waals surface area contributed by atoms with Crippen molar-refractivity contribution >= 4 is 16.7 Å². The Morgan fingerprint density at radius 2 is 1.77 bits per heavy atom. The van der Waals surface area contributed by atoms with Gasteiger partial charge in [-0.2, -0.15) is 4.57 Å². The molecule has 0 unspecified atom stereocenters. The highest BCUT2D eigenvalue weighted by Crippen LogP contribution is 2.33. The van der Waals surface area contributed by atoms with Crippen molar-refractivity contribution < 1.29 is 13.8 Å². The summed E-state index contributed by atoms with van der Waals surface area (Å²) in [5.41, 5.74) is 6.68. The molecule has 0 atom stereocenters. The van der Waals surface area contributed by atoms with Gasteiger partial charge in [0.15, 0.2) is 24.6 Å². The first-order chi connectivity index (χ1) is 12.6. The van der Waals surface area contributed by atoms with Crippen LogP contribution in [0.5, 0.6) is 0 Å². The molecular formula is C22H19N3O+2. The van der Waals surface area contributed by atoms with Gasteiger partial charge in [0.1, 0.15) is 5.39 Å². The van der Waals surface area contributed by atoms with Crippen LogP contribution in [-0.4, -0.2) is 0 Å². The fourth-order valence-corrected chi connectivity index (χ4v) is 3.46. The summed E-state index contributed by atoms with van der Waals surface area (Å²) in [4.78, 5) is 3.70. The number of rotatable bonds is 2. The Balaban J connectivity index is 2.07. The van der Waals surface area contributed by atoms with Crippen molar-refractivity contribution in [1.29, 1.82) is 0 Å². The molecule has 0 radical (unpaired) electrons. The van der Waals surface area contributed by atoms with Crippen LogP contribution in [0.15, 0.2) is 65.3 Å². The van der Waals surface area contributed by atoms with Crippen molar-refractivity contribution in [3.63, 3.8) is 0 Å². The molecule has 26 heavy (non-hydrogen) atoms. The SMILES string of the molecule is [C-]#[N+]c1cc(-c2c3ccccc3o[n+]2C)c(C)c(-[n+]2ccccc2C)c1. The van der Waals surface area contributed by atoms with E-state index in [-0.39, 0.29) is 0 Å². The minimum absolute atomic E-state index is 0.613. The number of aryl methyl sites for hydroxylation is 2. The predicted molar refractivity (Wildman–Crippen MR) is 100 cm³/mol. The van der Waals surface area contributed by atoms with Gasteiger partial charge in [-0.25, -0.2) is 9.37 Å². The van der Waals surface area contributed by atoms with Gasteiger partial charge in [0, 0.05) is 30.7 Å². The molecular weight excluding hydrogens is 322 g/mol. The third kappa shape index (κ3) is 2.46. The van der Waals surface area contributed by atoms with E-state index in [2.05, 4.69) is 35.4 Å². The summed E-state index contributed by atoms with van der Waals surface area (Å²) in [6, 6.07) is 18.0. The number of hydrogen-bond donors (Lipinski definition) is 0. The molecule has 0 saturated heterocycles. The van der Waals surface area contributed by atoms with Gasteiger partial charge in [-0.05, 0) is 29.9 Å². The quantitative estimate of drug-likeness (QED) is 0.393. The first-order valence-electron chi connectivity index (χ1n) is 8.48. The summed E-state index contributed by atoms with van der Waals surface area (Å²) in [5.74, 6) is 0. The number of benzene rings is 2. The molecule has 0 N–H and O–H groups in total. The molecule has 126 valence electrons. The van der Waals surface area contributed by atoms with Crippen molar-refractivity contribution in [1.82, 2.24) is 0 Å². The molecule has 0 aliphatic heterocycles. The highest BCUT2D eigenvalue weighted by atomic mass is 16.5. The Hall–Kier alpha value is -3.45. The number of para-hydroxylation sites is 1. The lowest BCUT2D eigenvalue weighted by molar-refractivity contribution is -0.832. The third-order valence-electron chi connectivity index (χ3n) is 4.76. The Bertz CT molecular complexity index is 1180. The molecule has 0 aliphatic carbocycles. The van der Waals surface area contributed by atoms with E-state index >= 15 is 0 Å². The molecule has 4 heteroatoms. The molecule has 4 aromatic rings. The molecule has 0 amide bonds. The summed E-state index contributed by atoms with van der Waals surface area (Å²) < 4.78 is 9.79. The molecule has 0 spiro atoms. The molecule has 2 aromatic carbocycles.